The summed E-state index contributed by atoms with van der Waals surface area (Å²) in [6, 6.07) is 6.07. The summed E-state index contributed by atoms with van der Waals surface area (Å²) >= 11 is 0. The minimum atomic E-state index is -0.190. The molecule has 1 aromatic heterocycles. The number of phenolic OH excluding ortho intramolecular Hbond substituents is 1. The molecular weight excluding hydrogens is 324 g/mol. The number of nitrogens with zero attached hydrogens (tertiary/aromatic N) is 1. The molecule has 2 N–H and O–H groups in total. The molecule has 2 aromatic rings. The maximum Gasteiger partial charge on any atom is 0.254 e. The van der Waals surface area contributed by atoms with Crippen LogP contribution in [0.4, 0.5) is 0 Å². The van der Waals surface area contributed by atoms with E-state index in [9.17, 15) is 14.7 Å². The standard InChI is InChI=1S/C18H20N2O5/c1-24-4-5-25-16-7-13(6-15(21)9-16)18(23)20-3-2-12-8-17(22)19-10-14(12)11-20/h6-10,21H,2-5,11H2,1H3,(H,19,22). The summed E-state index contributed by atoms with van der Waals surface area (Å²) in [5.74, 6) is 0.200. The minimum absolute atomic E-state index is 0.0278. The van der Waals surface area contributed by atoms with Crippen molar-refractivity contribution >= 4 is 5.91 Å². The Bertz CT molecular complexity index is 830. The summed E-state index contributed by atoms with van der Waals surface area (Å²) in [6.45, 7) is 1.68. The molecule has 7 nitrogen and oxygen atoms in total. The van der Waals surface area contributed by atoms with Gasteiger partial charge in [-0.05, 0) is 29.7 Å². The summed E-state index contributed by atoms with van der Waals surface area (Å²) < 4.78 is 10.4. The van der Waals surface area contributed by atoms with Crippen LogP contribution in [-0.4, -0.2) is 47.8 Å². The molecule has 1 aliphatic rings. The molecule has 0 saturated carbocycles. The topological polar surface area (TPSA) is 91.9 Å². The Morgan fingerprint density at radius 3 is 2.88 bits per heavy atom. The van der Waals surface area contributed by atoms with Gasteiger partial charge in [-0.3, -0.25) is 9.59 Å². The first-order chi connectivity index (χ1) is 12.1. The van der Waals surface area contributed by atoms with Crippen LogP contribution < -0.4 is 10.3 Å². The Morgan fingerprint density at radius 1 is 1.24 bits per heavy atom. The molecule has 0 spiro atoms. The molecule has 1 amide bonds. The molecule has 7 heteroatoms. The number of fused-ring (bicyclic) bond motifs is 1. The van der Waals surface area contributed by atoms with Crippen molar-refractivity contribution in [2.45, 2.75) is 13.0 Å². The number of benzene rings is 1. The Kier molecular flexibility index (Phi) is 5.04. The first kappa shape index (κ1) is 17.0. The fourth-order valence-electron chi connectivity index (χ4n) is 2.85. The van der Waals surface area contributed by atoms with Gasteiger partial charge in [0.15, 0.2) is 0 Å². The number of ether oxygens (including phenoxy) is 2. The van der Waals surface area contributed by atoms with Gasteiger partial charge in [0.25, 0.3) is 5.91 Å². The Morgan fingerprint density at radius 2 is 2.08 bits per heavy atom. The number of carbonyl (C=O) groups is 1. The largest absolute Gasteiger partial charge is 0.508 e. The van der Waals surface area contributed by atoms with Crippen molar-refractivity contribution in [1.82, 2.24) is 9.88 Å². The van der Waals surface area contributed by atoms with E-state index in [1.165, 1.54) is 12.1 Å². The van der Waals surface area contributed by atoms with Crippen LogP contribution >= 0.6 is 0 Å². The maximum atomic E-state index is 12.8. The lowest BCUT2D eigenvalue weighted by Gasteiger charge is -2.28. The number of hydrogen-bond donors (Lipinski definition) is 2. The number of pyridine rings is 1. The quantitative estimate of drug-likeness (QED) is 0.798. The second-order valence-corrected chi connectivity index (χ2v) is 5.88. The molecule has 0 bridgehead atoms. The number of methoxy groups -OCH3 is 1. The average molecular weight is 344 g/mol. The third kappa shape index (κ3) is 4.00. The predicted molar refractivity (Wildman–Crippen MR) is 91.0 cm³/mol. The van der Waals surface area contributed by atoms with Crippen molar-refractivity contribution in [3.05, 3.63) is 57.5 Å². The average Bonchev–Trinajstić information content (AvgIpc) is 2.60. The Labute approximate surface area is 144 Å². The highest BCUT2D eigenvalue weighted by atomic mass is 16.5. The number of hydrogen-bond acceptors (Lipinski definition) is 5. The number of amides is 1. The van der Waals surface area contributed by atoms with E-state index in [-0.39, 0.29) is 17.2 Å². The van der Waals surface area contributed by atoms with E-state index in [1.54, 1.807) is 30.3 Å². The molecule has 0 fully saturated rings. The SMILES string of the molecule is COCCOc1cc(O)cc(C(=O)N2CCc3cc(=O)[nH]cc3C2)c1. The number of rotatable bonds is 5. The van der Waals surface area contributed by atoms with Gasteiger partial charge < -0.3 is 24.5 Å². The maximum absolute atomic E-state index is 12.8. The summed E-state index contributed by atoms with van der Waals surface area (Å²) in [5, 5.41) is 9.86. The van der Waals surface area contributed by atoms with E-state index in [1.807, 2.05) is 0 Å². The van der Waals surface area contributed by atoms with Gasteiger partial charge in [-0.25, -0.2) is 0 Å². The number of aromatic nitrogens is 1. The number of carbonyl (C=O) groups excluding carboxylic acids is 1. The van der Waals surface area contributed by atoms with Gasteiger partial charge in [0.1, 0.15) is 18.1 Å². The fourth-order valence-corrected chi connectivity index (χ4v) is 2.85. The highest BCUT2D eigenvalue weighted by Gasteiger charge is 2.23. The molecule has 0 unspecified atom stereocenters. The molecule has 0 atom stereocenters. The summed E-state index contributed by atoms with van der Waals surface area (Å²) in [5.41, 5.74) is 2.12. The number of nitrogens with one attached hydrogen (secondary N) is 1. The van der Waals surface area contributed by atoms with Gasteiger partial charge in [-0.1, -0.05) is 0 Å². The first-order valence-electron chi connectivity index (χ1n) is 8.02. The van der Waals surface area contributed by atoms with Crippen LogP contribution in [0.3, 0.4) is 0 Å². The lowest BCUT2D eigenvalue weighted by molar-refractivity contribution is 0.0733. The van der Waals surface area contributed by atoms with Gasteiger partial charge in [0.05, 0.1) is 6.61 Å². The van der Waals surface area contributed by atoms with Crippen LogP contribution in [0.15, 0.2) is 35.3 Å². The van der Waals surface area contributed by atoms with Crippen LogP contribution in [0.25, 0.3) is 0 Å². The van der Waals surface area contributed by atoms with Crippen LogP contribution in [0, 0.1) is 0 Å². The third-order valence-corrected chi connectivity index (χ3v) is 4.10. The van der Waals surface area contributed by atoms with Crippen LogP contribution in [0.2, 0.25) is 0 Å². The van der Waals surface area contributed by atoms with Crippen LogP contribution in [-0.2, 0) is 17.7 Å². The zero-order valence-electron chi connectivity index (χ0n) is 13.9. The molecule has 0 saturated heterocycles. The minimum Gasteiger partial charge on any atom is -0.508 e. The number of phenols is 1. The van der Waals surface area contributed by atoms with E-state index < -0.39 is 0 Å². The Balaban J connectivity index is 1.77. The highest BCUT2D eigenvalue weighted by Crippen LogP contribution is 2.25. The zero-order chi connectivity index (χ0) is 17.8. The molecule has 0 aliphatic carbocycles. The zero-order valence-corrected chi connectivity index (χ0v) is 13.9. The molecule has 2 heterocycles. The molecule has 132 valence electrons. The van der Waals surface area contributed by atoms with Crippen molar-refractivity contribution in [2.24, 2.45) is 0 Å². The van der Waals surface area contributed by atoms with Crippen molar-refractivity contribution in [3.8, 4) is 11.5 Å². The normalized spacial score (nSPS) is 13.4. The molecule has 25 heavy (non-hydrogen) atoms. The highest BCUT2D eigenvalue weighted by molar-refractivity contribution is 5.95. The lowest BCUT2D eigenvalue weighted by Crippen LogP contribution is -2.36. The summed E-state index contributed by atoms with van der Waals surface area (Å²) in [7, 11) is 1.57. The number of H-pyrrole nitrogens is 1. The van der Waals surface area contributed by atoms with E-state index >= 15 is 0 Å². The number of aromatic amines is 1. The van der Waals surface area contributed by atoms with E-state index in [2.05, 4.69) is 4.98 Å². The van der Waals surface area contributed by atoms with Crippen LogP contribution in [0.5, 0.6) is 11.5 Å². The summed E-state index contributed by atoms with van der Waals surface area (Å²) in [6.07, 6.45) is 2.28. The summed E-state index contributed by atoms with van der Waals surface area (Å²) in [4.78, 5) is 28.5. The van der Waals surface area contributed by atoms with E-state index in [4.69, 9.17) is 9.47 Å². The second-order valence-electron chi connectivity index (χ2n) is 5.88. The Hall–Kier alpha value is -2.80. The van der Waals surface area contributed by atoms with E-state index in [0.717, 1.165) is 11.1 Å². The molecule has 1 aromatic carbocycles. The molecular formula is C18H20N2O5. The van der Waals surface area contributed by atoms with Crippen molar-refractivity contribution in [2.75, 3.05) is 26.9 Å². The van der Waals surface area contributed by atoms with Gasteiger partial charge in [-0.15, -0.1) is 0 Å². The molecule has 3 rings (SSSR count). The van der Waals surface area contributed by atoms with Crippen molar-refractivity contribution in [3.63, 3.8) is 0 Å². The fraction of sp³-hybridized carbons (Fsp3) is 0.333. The predicted octanol–water partition coefficient (Wildman–Crippen LogP) is 1.30. The van der Waals surface area contributed by atoms with Gasteiger partial charge in [-0.2, -0.15) is 0 Å². The van der Waals surface area contributed by atoms with E-state index in [0.29, 0.717) is 44.0 Å². The smallest absolute Gasteiger partial charge is 0.254 e. The number of aromatic hydroxyl groups is 1. The lowest BCUT2D eigenvalue weighted by atomic mass is 10.0. The first-order valence-corrected chi connectivity index (χ1v) is 8.02. The van der Waals surface area contributed by atoms with Crippen molar-refractivity contribution in [1.29, 1.82) is 0 Å². The second kappa shape index (κ2) is 7.40. The molecule has 0 radical (unpaired) electrons. The van der Waals surface area contributed by atoms with Crippen molar-refractivity contribution < 1.29 is 19.4 Å². The third-order valence-electron chi connectivity index (χ3n) is 4.10. The molecule has 1 aliphatic heterocycles. The van der Waals surface area contributed by atoms with Crippen LogP contribution in [0.1, 0.15) is 21.5 Å². The van der Waals surface area contributed by atoms with Gasteiger partial charge in [0, 0.05) is 44.1 Å². The van der Waals surface area contributed by atoms with Gasteiger partial charge >= 0.3 is 0 Å². The van der Waals surface area contributed by atoms with Gasteiger partial charge in [0.2, 0.25) is 5.56 Å². The monoisotopic (exact) mass is 344 g/mol.